The van der Waals surface area contributed by atoms with Crippen molar-refractivity contribution in [1.82, 2.24) is 10.2 Å². The van der Waals surface area contributed by atoms with Crippen molar-refractivity contribution < 1.29 is 9.59 Å². The highest BCUT2D eigenvalue weighted by atomic mass is 32.1. The normalized spacial score (nSPS) is 19.5. The van der Waals surface area contributed by atoms with E-state index in [-0.39, 0.29) is 17.9 Å². The first-order valence-corrected chi connectivity index (χ1v) is 10.3. The average Bonchev–Trinajstić information content (AvgIpc) is 3.16. The number of likely N-dealkylation sites (tertiary alicyclic amines) is 1. The third kappa shape index (κ3) is 3.98. The SMILES string of the molecule is O=C(NCc1ccc(C2CC2)cc1)[C@H]1CCCN1C(=O)Cc1cccs1. The Morgan fingerprint density at radius 3 is 2.62 bits per heavy atom. The van der Waals surface area contributed by atoms with Gasteiger partial charge in [0.05, 0.1) is 6.42 Å². The number of benzene rings is 1. The molecule has 5 heteroatoms. The fourth-order valence-corrected chi connectivity index (χ4v) is 4.33. The summed E-state index contributed by atoms with van der Waals surface area (Å²) in [5.74, 6) is 0.771. The number of carbonyl (C=O) groups is 2. The van der Waals surface area contributed by atoms with Gasteiger partial charge in [-0.1, -0.05) is 30.3 Å². The van der Waals surface area contributed by atoms with E-state index < -0.39 is 0 Å². The molecular formula is C21H24N2O2S. The minimum absolute atomic E-state index is 0.0340. The molecule has 1 atom stereocenters. The Morgan fingerprint density at radius 2 is 1.92 bits per heavy atom. The molecule has 1 aromatic heterocycles. The highest BCUT2D eigenvalue weighted by Gasteiger charge is 2.33. The number of rotatable bonds is 6. The van der Waals surface area contributed by atoms with Crippen LogP contribution in [0.15, 0.2) is 41.8 Å². The topological polar surface area (TPSA) is 49.4 Å². The zero-order valence-corrected chi connectivity index (χ0v) is 15.6. The van der Waals surface area contributed by atoms with E-state index >= 15 is 0 Å². The maximum Gasteiger partial charge on any atom is 0.243 e. The van der Waals surface area contributed by atoms with Gasteiger partial charge >= 0.3 is 0 Å². The number of hydrogen-bond donors (Lipinski definition) is 1. The van der Waals surface area contributed by atoms with Crippen molar-refractivity contribution >= 4 is 23.2 Å². The van der Waals surface area contributed by atoms with Gasteiger partial charge in [-0.05, 0) is 54.2 Å². The van der Waals surface area contributed by atoms with E-state index in [4.69, 9.17) is 0 Å². The van der Waals surface area contributed by atoms with Crippen LogP contribution in [0.4, 0.5) is 0 Å². The van der Waals surface area contributed by atoms with E-state index in [2.05, 4.69) is 29.6 Å². The summed E-state index contributed by atoms with van der Waals surface area (Å²) in [4.78, 5) is 28.0. The van der Waals surface area contributed by atoms with Crippen LogP contribution in [-0.2, 0) is 22.6 Å². The number of nitrogens with zero attached hydrogens (tertiary/aromatic N) is 1. The molecule has 1 aliphatic carbocycles. The van der Waals surface area contributed by atoms with Crippen LogP contribution in [0, 0.1) is 0 Å². The Bertz CT molecular complexity index is 766. The number of thiophene rings is 1. The van der Waals surface area contributed by atoms with Crippen LogP contribution in [-0.4, -0.2) is 29.3 Å². The first kappa shape index (κ1) is 17.3. The van der Waals surface area contributed by atoms with E-state index in [1.54, 1.807) is 16.2 Å². The van der Waals surface area contributed by atoms with E-state index in [0.717, 1.165) is 29.2 Å². The third-order valence-electron chi connectivity index (χ3n) is 5.28. The number of nitrogens with one attached hydrogen (secondary N) is 1. The van der Waals surface area contributed by atoms with Crippen molar-refractivity contribution in [1.29, 1.82) is 0 Å². The van der Waals surface area contributed by atoms with Crippen LogP contribution >= 0.6 is 11.3 Å². The molecule has 2 aliphatic rings. The number of carbonyl (C=O) groups excluding carboxylic acids is 2. The van der Waals surface area contributed by atoms with Gasteiger partial charge in [-0.3, -0.25) is 9.59 Å². The van der Waals surface area contributed by atoms with E-state index in [9.17, 15) is 9.59 Å². The van der Waals surface area contributed by atoms with Crippen molar-refractivity contribution in [3.05, 3.63) is 57.8 Å². The number of amides is 2. The van der Waals surface area contributed by atoms with E-state index in [1.165, 1.54) is 18.4 Å². The molecule has 0 radical (unpaired) electrons. The van der Waals surface area contributed by atoms with Gasteiger partial charge in [0.2, 0.25) is 11.8 Å². The number of hydrogen-bond acceptors (Lipinski definition) is 3. The molecule has 2 heterocycles. The van der Waals surface area contributed by atoms with Gasteiger partial charge in [0.15, 0.2) is 0 Å². The maximum atomic E-state index is 12.6. The van der Waals surface area contributed by atoms with Crippen molar-refractivity contribution in [2.24, 2.45) is 0 Å². The van der Waals surface area contributed by atoms with Gasteiger partial charge in [0.25, 0.3) is 0 Å². The summed E-state index contributed by atoms with van der Waals surface area (Å²) in [6, 6.07) is 12.1. The Kier molecular flexibility index (Phi) is 5.07. The first-order valence-electron chi connectivity index (χ1n) is 9.39. The standard InChI is InChI=1S/C21H24N2O2S/c24-20(13-18-3-2-12-26-18)23-11-1-4-19(23)21(25)22-14-15-5-7-16(8-6-15)17-9-10-17/h2-3,5-8,12,17,19H,1,4,9-11,13-14H2,(H,22,25)/t19-/m1/s1. The second-order valence-electron chi connectivity index (χ2n) is 7.23. The lowest BCUT2D eigenvalue weighted by molar-refractivity contribution is -0.138. The molecule has 1 N–H and O–H groups in total. The van der Waals surface area contributed by atoms with E-state index in [0.29, 0.717) is 19.5 Å². The predicted octanol–water partition coefficient (Wildman–Crippen LogP) is 3.48. The highest BCUT2D eigenvalue weighted by molar-refractivity contribution is 7.10. The fraction of sp³-hybridized carbons (Fsp3) is 0.429. The van der Waals surface area contributed by atoms with Crippen LogP contribution in [0.3, 0.4) is 0 Å². The first-order chi connectivity index (χ1) is 12.7. The Balaban J connectivity index is 1.31. The highest BCUT2D eigenvalue weighted by Crippen LogP contribution is 2.39. The van der Waals surface area contributed by atoms with Gasteiger partial charge in [0, 0.05) is 18.0 Å². The van der Waals surface area contributed by atoms with E-state index in [1.807, 2.05) is 17.5 Å². The summed E-state index contributed by atoms with van der Waals surface area (Å²) in [6.07, 6.45) is 4.64. The minimum Gasteiger partial charge on any atom is -0.350 e. The molecule has 1 aliphatic heterocycles. The van der Waals surface area contributed by atoms with Crippen LogP contribution in [0.2, 0.25) is 0 Å². The van der Waals surface area contributed by atoms with Crippen molar-refractivity contribution in [3.63, 3.8) is 0 Å². The minimum atomic E-state index is -0.326. The molecule has 136 valence electrons. The quantitative estimate of drug-likeness (QED) is 0.849. The Labute approximate surface area is 158 Å². The Morgan fingerprint density at radius 1 is 1.12 bits per heavy atom. The predicted molar refractivity (Wildman–Crippen MR) is 103 cm³/mol. The smallest absolute Gasteiger partial charge is 0.243 e. The zero-order chi connectivity index (χ0) is 17.9. The third-order valence-corrected chi connectivity index (χ3v) is 6.15. The molecular weight excluding hydrogens is 344 g/mol. The summed E-state index contributed by atoms with van der Waals surface area (Å²) in [6.45, 7) is 1.20. The van der Waals surface area contributed by atoms with Crippen LogP contribution in [0.25, 0.3) is 0 Å². The lowest BCUT2D eigenvalue weighted by atomic mass is 10.1. The molecule has 4 rings (SSSR count). The molecule has 2 fully saturated rings. The van der Waals surface area contributed by atoms with Crippen LogP contribution in [0.5, 0.6) is 0 Å². The molecule has 1 saturated carbocycles. The molecule has 4 nitrogen and oxygen atoms in total. The van der Waals surface area contributed by atoms with Crippen molar-refractivity contribution in [2.45, 2.75) is 50.6 Å². The van der Waals surface area contributed by atoms with Gasteiger partial charge in [-0.25, -0.2) is 0 Å². The molecule has 1 aromatic carbocycles. The molecule has 0 bridgehead atoms. The molecule has 26 heavy (non-hydrogen) atoms. The summed E-state index contributed by atoms with van der Waals surface area (Å²) < 4.78 is 0. The van der Waals surface area contributed by atoms with Crippen LogP contribution in [0.1, 0.15) is 47.6 Å². The van der Waals surface area contributed by atoms with Gasteiger partial charge in [-0.15, -0.1) is 11.3 Å². The second kappa shape index (κ2) is 7.62. The summed E-state index contributed by atoms with van der Waals surface area (Å²) in [5.41, 5.74) is 2.51. The average molecular weight is 369 g/mol. The summed E-state index contributed by atoms with van der Waals surface area (Å²) in [7, 11) is 0. The second-order valence-corrected chi connectivity index (χ2v) is 8.27. The zero-order valence-electron chi connectivity index (χ0n) is 14.8. The van der Waals surface area contributed by atoms with Gasteiger partial charge in [-0.2, -0.15) is 0 Å². The molecule has 2 aromatic rings. The monoisotopic (exact) mass is 368 g/mol. The lowest BCUT2D eigenvalue weighted by Gasteiger charge is -2.24. The van der Waals surface area contributed by atoms with Gasteiger partial charge in [0.1, 0.15) is 6.04 Å². The Hall–Kier alpha value is -2.14. The maximum absolute atomic E-state index is 12.6. The molecule has 1 saturated heterocycles. The summed E-state index contributed by atoms with van der Waals surface area (Å²) >= 11 is 1.59. The fourth-order valence-electron chi connectivity index (χ4n) is 3.63. The van der Waals surface area contributed by atoms with Crippen molar-refractivity contribution in [3.8, 4) is 0 Å². The van der Waals surface area contributed by atoms with Gasteiger partial charge < -0.3 is 10.2 Å². The summed E-state index contributed by atoms with van der Waals surface area (Å²) in [5, 5.41) is 5.00. The van der Waals surface area contributed by atoms with Crippen molar-refractivity contribution in [2.75, 3.05) is 6.54 Å². The van der Waals surface area contributed by atoms with Crippen LogP contribution < -0.4 is 5.32 Å². The molecule has 0 spiro atoms. The largest absolute Gasteiger partial charge is 0.350 e. The molecule has 0 unspecified atom stereocenters. The lowest BCUT2D eigenvalue weighted by Crippen LogP contribution is -2.46. The molecule has 2 amide bonds.